The molecule has 230 valence electrons. The van der Waals surface area contributed by atoms with Crippen molar-refractivity contribution in [3.63, 3.8) is 0 Å². The van der Waals surface area contributed by atoms with Crippen LogP contribution >= 0.6 is 0 Å². The van der Waals surface area contributed by atoms with Gasteiger partial charge in [0.2, 0.25) is 11.9 Å². The van der Waals surface area contributed by atoms with Gasteiger partial charge in [-0.15, -0.1) is 0 Å². The molecular weight excluding hydrogens is 558 g/mol. The lowest BCUT2D eigenvalue weighted by molar-refractivity contribution is -0.111. The van der Waals surface area contributed by atoms with Gasteiger partial charge in [0.05, 0.1) is 35.4 Å². The first kappa shape index (κ1) is 30.4. The Kier molecular flexibility index (Phi) is 7.98. The highest BCUT2D eigenvalue weighted by molar-refractivity contribution is 6.02. The third-order valence-corrected chi connectivity index (χ3v) is 7.94. The van der Waals surface area contributed by atoms with Crippen LogP contribution in [-0.4, -0.2) is 68.3 Å². The van der Waals surface area contributed by atoms with E-state index in [1.807, 2.05) is 70.2 Å². The predicted octanol–water partition coefficient (Wildman–Crippen LogP) is 6.26. The van der Waals surface area contributed by atoms with Crippen LogP contribution in [0.25, 0.3) is 22.2 Å². The molecule has 2 amide bonds. The van der Waals surface area contributed by atoms with Crippen molar-refractivity contribution in [1.29, 1.82) is 0 Å². The van der Waals surface area contributed by atoms with E-state index in [-0.39, 0.29) is 5.91 Å². The number of hydrogen-bond acceptors (Lipinski definition) is 7. The lowest BCUT2D eigenvalue weighted by Crippen LogP contribution is -2.56. The maximum Gasteiger partial charge on any atom is 0.408 e. The second kappa shape index (κ2) is 11.6. The molecule has 1 saturated carbocycles. The molecule has 2 heterocycles. The fourth-order valence-corrected chi connectivity index (χ4v) is 6.00. The summed E-state index contributed by atoms with van der Waals surface area (Å²) < 4.78 is 7.84. The molecule has 11 heteroatoms. The molecule has 4 aromatic rings. The van der Waals surface area contributed by atoms with Gasteiger partial charge in [0.15, 0.2) is 0 Å². The molecule has 0 saturated heterocycles. The average Bonchev–Trinajstić information content (AvgIpc) is 3.64. The van der Waals surface area contributed by atoms with Gasteiger partial charge in [0.1, 0.15) is 5.75 Å². The van der Waals surface area contributed by atoms with Crippen LogP contribution in [0.5, 0.6) is 5.75 Å². The standard InChI is InChI=1S/C33H39N7O4/c1-8-29(41)35-24-17-25(37-30-34-16-13-23(36-30)22-19-38(5)26-12-10-9-11-21(22)26)28(44-7)18-27(24)39(6)20-33(14-15-33)40(31(42)43)32(2,3)4/h8-13,16-19H,1,14-15,20H2,2-7H3,(H,35,41)(H,42,43)(H,34,36,37). The maximum absolute atomic E-state index is 12.5. The zero-order chi connectivity index (χ0) is 31.8. The first-order valence-electron chi connectivity index (χ1n) is 14.4. The Morgan fingerprint density at radius 2 is 1.91 bits per heavy atom. The van der Waals surface area contributed by atoms with Crippen LogP contribution in [0.1, 0.15) is 33.6 Å². The first-order chi connectivity index (χ1) is 20.9. The molecule has 1 aliphatic carbocycles. The van der Waals surface area contributed by atoms with Crippen LogP contribution in [0.3, 0.4) is 0 Å². The molecule has 2 aromatic heterocycles. The van der Waals surface area contributed by atoms with Crippen molar-refractivity contribution < 1.29 is 19.4 Å². The average molecular weight is 598 g/mol. The SMILES string of the molecule is C=CC(=O)Nc1cc(Nc2nccc(-c3cn(C)c4ccccc34)n2)c(OC)cc1N(C)CC1(N(C(=O)O)C(C)(C)C)CC1. The normalized spacial score (nSPS) is 13.7. The molecule has 0 unspecified atom stereocenters. The molecule has 0 spiro atoms. The van der Waals surface area contributed by atoms with Crippen molar-refractivity contribution in [1.82, 2.24) is 19.4 Å². The van der Waals surface area contributed by atoms with Crippen molar-refractivity contribution in [2.24, 2.45) is 7.05 Å². The van der Waals surface area contributed by atoms with E-state index in [9.17, 15) is 14.7 Å². The molecule has 2 aromatic carbocycles. The molecular formula is C33H39N7O4. The van der Waals surface area contributed by atoms with Crippen LogP contribution in [0.2, 0.25) is 0 Å². The molecule has 5 rings (SSSR count). The summed E-state index contributed by atoms with van der Waals surface area (Å²) in [4.78, 5) is 37.5. The highest BCUT2D eigenvalue weighted by atomic mass is 16.5. The number of amides is 2. The number of benzene rings is 2. The summed E-state index contributed by atoms with van der Waals surface area (Å²) in [6, 6.07) is 13.6. The number of nitrogens with one attached hydrogen (secondary N) is 2. The highest BCUT2D eigenvalue weighted by Gasteiger charge is 2.54. The molecule has 11 nitrogen and oxygen atoms in total. The van der Waals surface area contributed by atoms with Crippen LogP contribution in [0.4, 0.5) is 27.8 Å². The lowest BCUT2D eigenvalue weighted by Gasteiger charge is -2.42. The molecule has 1 aliphatic rings. The second-order valence-electron chi connectivity index (χ2n) is 12.2. The Morgan fingerprint density at radius 1 is 1.18 bits per heavy atom. The third kappa shape index (κ3) is 5.90. The van der Waals surface area contributed by atoms with E-state index >= 15 is 0 Å². The summed E-state index contributed by atoms with van der Waals surface area (Å²) >= 11 is 0. The second-order valence-corrected chi connectivity index (χ2v) is 12.2. The minimum Gasteiger partial charge on any atom is -0.494 e. The Labute approximate surface area is 257 Å². The number of aryl methyl sites for hydroxylation is 1. The molecule has 0 aliphatic heterocycles. The van der Waals surface area contributed by atoms with Gasteiger partial charge >= 0.3 is 6.09 Å². The molecule has 0 radical (unpaired) electrons. The number of methoxy groups -OCH3 is 1. The monoisotopic (exact) mass is 597 g/mol. The van der Waals surface area contributed by atoms with Gasteiger partial charge in [-0.1, -0.05) is 24.8 Å². The number of para-hydroxylation sites is 1. The third-order valence-electron chi connectivity index (χ3n) is 7.94. The number of likely N-dealkylation sites (N-methyl/N-ethyl adjacent to an activating group) is 1. The van der Waals surface area contributed by atoms with Crippen molar-refractivity contribution in [2.45, 2.75) is 44.7 Å². The first-order valence-corrected chi connectivity index (χ1v) is 14.4. The Hall–Kier alpha value is -5.06. The van der Waals surface area contributed by atoms with Gasteiger partial charge in [0, 0.05) is 61.1 Å². The van der Waals surface area contributed by atoms with Gasteiger partial charge in [-0.2, -0.15) is 0 Å². The Morgan fingerprint density at radius 3 is 2.55 bits per heavy atom. The number of carboxylic acid groups (broad SMARTS) is 1. The minimum absolute atomic E-state index is 0.357. The topological polar surface area (TPSA) is 125 Å². The van der Waals surface area contributed by atoms with E-state index in [0.717, 1.165) is 35.0 Å². The van der Waals surface area contributed by atoms with Crippen molar-refractivity contribution in [2.75, 3.05) is 36.2 Å². The summed E-state index contributed by atoms with van der Waals surface area (Å²) in [5.41, 5.74) is 3.43. The summed E-state index contributed by atoms with van der Waals surface area (Å²) in [5.74, 6) is 0.474. The van der Waals surface area contributed by atoms with Gasteiger partial charge in [-0.05, 0) is 57.9 Å². The summed E-state index contributed by atoms with van der Waals surface area (Å²) in [6.07, 6.45) is 5.48. The largest absolute Gasteiger partial charge is 0.494 e. The van der Waals surface area contributed by atoms with E-state index in [0.29, 0.717) is 35.3 Å². The molecule has 0 atom stereocenters. The highest BCUT2D eigenvalue weighted by Crippen LogP contribution is 2.47. The smallest absolute Gasteiger partial charge is 0.408 e. The number of fused-ring (bicyclic) bond motifs is 1. The van der Waals surface area contributed by atoms with Gasteiger partial charge in [-0.25, -0.2) is 14.8 Å². The fraction of sp³-hybridized carbons (Fsp3) is 0.333. The molecule has 1 fully saturated rings. The molecule has 3 N–H and O–H groups in total. The van der Waals surface area contributed by atoms with Gasteiger partial charge in [0.25, 0.3) is 0 Å². The Balaban J connectivity index is 1.49. The number of anilines is 4. The molecule has 44 heavy (non-hydrogen) atoms. The van der Waals surface area contributed by atoms with Gasteiger partial charge in [-0.3, -0.25) is 9.69 Å². The van der Waals surface area contributed by atoms with Crippen molar-refractivity contribution in [3.05, 3.63) is 67.5 Å². The minimum atomic E-state index is -0.952. The number of nitrogens with zero attached hydrogens (tertiary/aromatic N) is 5. The van der Waals surface area contributed by atoms with Crippen LogP contribution < -0.4 is 20.3 Å². The van der Waals surface area contributed by atoms with E-state index in [1.54, 1.807) is 24.3 Å². The fourth-order valence-electron chi connectivity index (χ4n) is 6.00. The number of ether oxygens (including phenoxy) is 1. The number of aromatic nitrogens is 3. The van der Waals surface area contributed by atoms with Crippen molar-refractivity contribution in [3.8, 4) is 17.0 Å². The number of rotatable bonds is 10. The summed E-state index contributed by atoms with van der Waals surface area (Å²) in [6.45, 7) is 9.73. The maximum atomic E-state index is 12.5. The lowest BCUT2D eigenvalue weighted by atomic mass is 10.0. The number of hydrogen-bond donors (Lipinski definition) is 3. The van der Waals surface area contributed by atoms with E-state index in [4.69, 9.17) is 9.72 Å². The Bertz CT molecular complexity index is 1740. The van der Waals surface area contributed by atoms with Gasteiger partial charge < -0.3 is 29.9 Å². The zero-order valence-corrected chi connectivity index (χ0v) is 26.0. The van der Waals surface area contributed by atoms with Crippen LogP contribution in [-0.2, 0) is 11.8 Å². The predicted molar refractivity (Wildman–Crippen MR) is 174 cm³/mol. The summed E-state index contributed by atoms with van der Waals surface area (Å²) in [7, 11) is 5.45. The number of carbonyl (C=O) groups excluding carboxylic acids is 1. The van der Waals surface area contributed by atoms with E-state index in [2.05, 4.69) is 38.9 Å². The quantitative estimate of drug-likeness (QED) is 0.183. The van der Waals surface area contributed by atoms with Crippen LogP contribution in [0, 0.1) is 0 Å². The van der Waals surface area contributed by atoms with E-state index in [1.165, 1.54) is 6.08 Å². The molecule has 0 bridgehead atoms. The zero-order valence-electron chi connectivity index (χ0n) is 26.0. The number of carbonyl (C=O) groups is 2. The van der Waals surface area contributed by atoms with E-state index < -0.39 is 17.2 Å². The van der Waals surface area contributed by atoms with Crippen molar-refractivity contribution >= 4 is 45.9 Å². The van der Waals surface area contributed by atoms with Crippen LogP contribution in [0.15, 0.2) is 67.5 Å². The summed E-state index contributed by atoms with van der Waals surface area (Å²) in [5, 5.41) is 17.3.